The molecular formula is C20H25N3O2. The van der Waals surface area contributed by atoms with E-state index >= 15 is 0 Å². The molecule has 1 aliphatic heterocycles. The predicted molar refractivity (Wildman–Crippen MR) is 97.9 cm³/mol. The summed E-state index contributed by atoms with van der Waals surface area (Å²) in [6.07, 6.45) is 6.40. The zero-order valence-electron chi connectivity index (χ0n) is 14.6. The Morgan fingerprint density at radius 1 is 1.36 bits per heavy atom. The zero-order valence-corrected chi connectivity index (χ0v) is 14.6. The van der Waals surface area contributed by atoms with E-state index in [0.717, 1.165) is 42.8 Å². The van der Waals surface area contributed by atoms with Crippen molar-refractivity contribution in [1.82, 2.24) is 15.6 Å². The van der Waals surface area contributed by atoms with Crippen LogP contribution in [0, 0.1) is 5.92 Å². The molecule has 132 valence electrons. The normalized spacial score (nSPS) is 16.6. The van der Waals surface area contributed by atoms with Crippen LogP contribution in [0.25, 0.3) is 0 Å². The Morgan fingerprint density at radius 2 is 2.24 bits per heavy atom. The number of aromatic nitrogens is 1. The van der Waals surface area contributed by atoms with E-state index in [0.29, 0.717) is 18.0 Å². The highest BCUT2D eigenvalue weighted by Gasteiger charge is 2.16. The molecule has 1 saturated heterocycles. The molecule has 25 heavy (non-hydrogen) atoms. The van der Waals surface area contributed by atoms with E-state index in [-0.39, 0.29) is 5.91 Å². The third kappa shape index (κ3) is 4.79. The van der Waals surface area contributed by atoms with Crippen LogP contribution in [-0.2, 0) is 12.8 Å². The van der Waals surface area contributed by atoms with Crippen LogP contribution in [0.2, 0.25) is 0 Å². The Hall–Kier alpha value is -2.40. The lowest BCUT2D eigenvalue weighted by atomic mass is 9.99. The minimum absolute atomic E-state index is 0.0752. The average Bonchev–Trinajstić information content (AvgIpc) is 3.15. The highest BCUT2D eigenvalue weighted by molar-refractivity contribution is 5.94. The van der Waals surface area contributed by atoms with Gasteiger partial charge in [-0.15, -0.1) is 0 Å². The number of carbonyl (C=O) groups is 1. The number of nitrogens with one attached hydrogen (secondary N) is 2. The quantitative estimate of drug-likeness (QED) is 0.812. The number of amides is 1. The number of benzene rings is 1. The van der Waals surface area contributed by atoms with Crippen LogP contribution in [0.15, 0.2) is 42.7 Å². The Labute approximate surface area is 148 Å². The number of para-hydroxylation sites is 1. The minimum atomic E-state index is -0.0752. The summed E-state index contributed by atoms with van der Waals surface area (Å²) < 4.78 is 5.34. The Kier molecular flexibility index (Phi) is 6.01. The van der Waals surface area contributed by atoms with Gasteiger partial charge in [0.1, 0.15) is 5.75 Å². The summed E-state index contributed by atoms with van der Waals surface area (Å²) >= 11 is 0. The van der Waals surface area contributed by atoms with E-state index in [4.69, 9.17) is 4.74 Å². The molecule has 2 heterocycles. The van der Waals surface area contributed by atoms with E-state index < -0.39 is 0 Å². The number of methoxy groups -OCH3 is 1. The average molecular weight is 339 g/mol. The molecule has 1 aromatic heterocycles. The van der Waals surface area contributed by atoms with Crippen LogP contribution in [0.1, 0.15) is 27.9 Å². The maximum absolute atomic E-state index is 12.4. The molecule has 1 atom stereocenters. The highest BCUT2D eigenvalue weighted by Crippen LogP contribution is 2.17. The number of nitrogens with zero attached hydrogens (tertiary/aromatic N) is 1. The molecule has 0 aliphatic carbocycles. The number of ether oxygens (including phenoxy) is 1. The molecule has 1 aliphatic rings. The predicted octanol–water partition coefficient (Wildman–Crippen LogP) is 2.21. The fraction of sp³-hybridized carbons (Fsp3) is 0.400. The van der Waals surface area contributed by atoms with E-state index in [1.807, 2.05) is 36.5 Å². The zero-order chi connectivity index (χ0) is 17.5. The third-order valence-corrected chi connectivity index (χ3v) is 4.62. The third-order valence-electron chi connectivity index (χ3n) is 4.62. The number of hydrogen-bond donors (Lipinski definition) is 2. The van der Waals surface area contributed by atoms with E-state index in [1.54, 1.807) is 13.3 Å². The minimum Gasteiger partial charge on any atom is -0.496 e. The van der Waals surface area contributed by atoms with Gasteiger partial charge >= 0.3 is 0 Å². The second-order valence-electron chi connectivity index (χ2n) is 6.46. The van der Waals surface area contributed by atoms with Crippen molar-refractivity contribution in [3.8, 4) is 5.75 Å². The second kappa shape index (κ2) is 8.62. The van der Waals surface area contributed by atoms with Crippen molar-refractivity contribution in [2.45, 2.75) is 19.3 Å². The lowest BCUT2D eigenvalue weighted by Gasteiger charge is -2.11. The van der Waals surface area contributed by atoms with Gasteiger partial charge in [0.2, 0.25) is 0 Å². The number of pyridine rings is 1. The van der Waals surface area contributed by atoms with Crippen molar-refractivity contribution < 1.29 is 9.53 Å². The molecule has 0 saturated carbocycles. The van der Waals surface area contributed by atoms with Gasteiger partial charge in [0, 0.05) is 18.9 Å². The topological polar surface area (TPSA) is 63.2 Å². The van der Waals surface area contributed by atoms with Gasteiger partial charge in [-0.25, -0.2) is 0 Å². The summed E-state index contributed by atoms with van der Waals surface area (Å²) in [5.74, 6) is 1.42. The van der Waals surface area contributed by atoms with Crippen LogP contribution >= 0.6 is 0 Å². The fourth-order valence-electron chi connectivity index (χ4n) is 3.27. The fourth-order valence-corrected chi connectivity index (χ4v) is 3.27. The molecule has 1 fully saturated rings. The monoisotopic (exact) mass is 339 g/mol. The molecule has 1 aromatic carbocycles. The van der Waals surface area contributed by atoms with E-state index in [1.165, 1.54) is 6.42 Å². The van der Waals surface area contributed by atoms with Crippen LogP contribution in [0.4, 0.5) is 0 Å². The number of hydrogen-bond acceptors (Lipinski definition) is 4. The van der Waals surface area contributed by atoms with Crippen LogP contribution in [-0.4, -0.2) is 37.6 Å². The van der Waals surface area contributed by atoms with Crippen molar-refractivity contribution >= 4 is 5.91 Å². The number of rotatable bonds is 7. The van der Waals surface area contributed by atoms with Gasteiger partial charge < -0.3 is 15.4 Å². The largest absolute Gasteiger partial charge is 0.496 e. The number of carbonyl (C=O) groups excluding carboxylic acids is 1. The Bertz CT molecular complexity index is 712. The molecule has 0 bridgehead atoms. The summed E-state index contributed by atoms with van der Waals surface area (Å²) in [5, 5.41) is 6.35. The molecule has 2 aromatic rings. The summed E-state index contributed by atoms with van der Waals surface area (Å²) in [7, 11) is 1.66. The maximum atomic E-state index is 12.4. The molecule has 0 radical (unpaired) electrons. The van der Waals surface area contributed by atoms with Gasteiger partial charge in [-0.05, 0) is 61.5 Å². The van der Waals surface area contributed by atoms with Crippen molar-refractivity contribution in [2.75, 3.05) is 26.7 Å². The van der Waals surface area contributed by atoms with Gasteiger partial charge in [0.05, 0.1) is 12.7 Å². The van der Waals surface area contributed by atoms with Crippen molar-refractivity contribution in [3.05, 3.63) is 59.4 Å². The first-order chi connectivity index (χ1) is 12.3. The van der Waals surface area contributed by atoms with E-state index in [2.05, 4.69) is 15.6 Å². The summed E-state index contributed by atoms with van der Waals surface area (Å²) in [5.41, 5.74) is 2.85. The first-order valence-electron chi connectivity index (χ1n) is 8.81. The maximum Gasteiger partial charge on any atom is 0.252 e. The molecule has 5 heteroatoms. The lowest BCUT2D eigenvalue weighted by Crippen LogP contribution is -2.26. The Morgan fingerprint density at radius 3 is 3.04 bits per heavy atom. The molecule has 2 N–H and O–H groups in total. The molecular weight excluding hydrogens is 314 g/mol. The van der Waals surface area contributed by atoms with Crippen molar-refractivity contribution in [1.29, 1.82) is 0 Å². The van der Waals surface area contributed by atoms with Crippen molar-refractivity contribution in [3.63, 3.8) is 0 Å². The smallest absolute Gasteiger partial charge is 0.252 e. The van der Waals surface area contributed by atoms with Crippen molar-refractivity contribution in [2.24, 2.45) is 5.92 Å². The summed E-state index contributed by atoms with van der Waals surface area (Å²) in [6, 6.07) is 9.83. The highest BCUT2D eigenvalue weighted by atomic mass is 16.5. The van der Waals surface area contributed by atoms with Gasteiger partial charge in [-0.3, -0.25) is 9.78 Å². The van der Waals surface area contributed by atoms with Gasteiger partial charge in [-0.2, -0.15) is 0 Å². The van der Waals surface area contributed by atoms with Gasteiger partial charge in [0.25, 0.3) is 5.91 Å². The standard InChI is InChI=1S/C20H25N3O2/c1-25-19-5-3-2-4-17(19)7-9-23-20(24)18-11-16(13-22-14-18)10-15-6-8-21-12-15/h2-5,11,13-15,21H,6-10,12H2,1H3,(H,23,24). The second-order valence-corrected chi connectivity index (χ2v) is 6.46. The Balaban J connectivity index is 1.54. The molecule has 1 amide bonds. The summed E-state index contributed by atoms with van der Waals surface area (Å²) in [4.78, 5) is 16.6. The first-order valence-corrected chi connectivity index (χ1v) is 8.81. The van der Waals surface area contributed by atoms with Gasteiger partial charge in [0.15, 0.2) is 0 Å². The molecule has 5 nitrogen and oxygen atoms in total. The van der Waals surface area contributed by atoms with Crippen LogP contribution in [0.3, 0.4) is 0 Å². The van der Waals surface area contributed by atoms with Gasteiger partial charge in [-0.1, -0.05) is 18.2 Å². The SMILES string of the molecule is COc1ccccc1CCNC(=O)c1cncc(CC2CCNC2)c1. The molecule has 1 unspecified atom stereocenters. The molecule has 3 rings (SSSR count). The van der Waals surface area contributed by atoms with Crippen LogP contribution in [0.5, 0.6) is 5.75 Å². The summed E-state index contributed by atoms with van der Waals surface area (Å²) in [6.45, 7) is 2.70. The van der Waals surface area contributed by atoms with E-state index in [9.17, 15) is 4.79 Å². The lowest BCUT2D eigenvalue weighted by molar-refractivity contribution is 0.0953. The van der Waals surface area contributed by atoms with Crippen LogP contribution < -0.4 is 15.4 Å². The molecule has 0 spiro atoms. The first kappa shape index (κ1) is 17.4.